The summed E-state index contributed by atoms with van der Waals surface area (Å²) in [5.41, 5.74) is -0.0168. The Balaban J connectivity index is 2.59. The van der Waals surface area contributed by atoms with Crippen molar-refractivity contribution in [2.75, 3.05) is 0 Å². The summed E-state index contributed by atoms with van der Waals surface area (Å²) in [4.78, 5) is 3.25. The first-order valence-electron chi connectivity index (χ1n) is 3.97. The molecular weight excluding hydrogens is 241 g/mol. The summed E-state index contributed by atoms with van der Waals surface area (Å²) in [5.74, 6) is -0.617. The fraction of sp³-hybridized carbons (Fsp3) is 0. The van der Waals surface area contributed by atoms with Crippen LogP contribution in [0.3, 0.4) is 0 Å². The second kappa shape index (κ2) is 3.43. The van der Waals surface area contributed by atoms with E-state index in [1.54, 1.807) is 6.07 Å². The molecule has 0 spiro atoms. The molecule has 0 N–H and O–H groups in total. The second-order valence-electron chi connectivity index (χ2n) is 2.86. The molecule has 0 aromatic heterocycles. The summed E-state index contributed by atoms with van der Waals surface area (Å²) in [7, 11) is -3.80. The third-order valence-electron chi connectivity index (χ3n) is 1.93. The van der Waals surface area contributed by atoms with E-state index in [4.69, 9.17) is 11.6 Å². The van der Waals surface area contributed by atoms with Crippen LogP contribution in [0.15, 0.2) is 35.5 Å². The number of nitrogens with zero attached hydrogens (tertiary/aromatic N) is 1. The molecule has 1 aromatic carbocycles. The predicted octanol–water partition coefficient (Wildman–Crippen LogP) is 2.15. The lowest BCUT2D eigenvalue weighted by atomic mass is 10.2. The number of benzene rings is 1. The van der Waals surface area contributed by atoms with Gasteiger partial charge in [0.05, 0.1) is 0 Å². The van der Waals surface area contributed by atoms with E-state index in [2.05, 4.69) is 4.99 Å². The minimum absolute atomic E-state index is 0.0168. The van der Waals surface area contributed by atoms with Gasteiger partial charge in [0.15, 0.2) is 0 Å². The largest absolute Gasteiger partial charge is 0.237 e. The lowest BCUT2D eigenvalue weighted by Crippen LogP contribution is -2.07. The highest BCUT2D eigenvalue weighted by Gasteiger charge is 2.30. The average Bonchev–Trinajstić information content (AvgIpc) is 2.44. The van der Waals surface area contributed by atoms with Gasteiger partial charge in [-0.25, -0.2) is 17.8 Å². The van der Waals surface area contributed by atoms with Crippen LogP contribution in [0, 0.1) is 5.82 Å². The smallest absolute Gasteiger partial charge is 0.232 e. The van der Waals surface area contributed by atoms with Crippen LogP contribution < -0.4 is 0 Å². The van der Waals surface area contributed by atoms with Gasteiger partial charge in [0.2, 0.25) is 14.3 Å². The molecule has 1 aliphatic rings. The predicted molar refractivity (Wildman–Crippen MR) is 56.6 cm³/mol. The molecule has 1 aromatic rings. The van der Waals surface area contributed by atoms with Crippen molar-refractivity contribution >= 4 is 30.8 Å². The van der Waals surface area contributed by atoms with Gasteiger partial charge in [-0.3, -0.25) is 0 Å². The molecule has 0 aliphatic carbocycles. The molecule has 0 fully saturated rings. The topological polar surface area (TPSA) is 46.5 Å². The second-order valence-corrected chi connectivity index (χ2v) is 5.27. The van der Waals surface area contributed by atoms with Crippen LogP contribution in [-0.4, -0.2) is 12.9 Å². The molecule has 1 aliphatic heterocycles. The molecule has 0 saturated heterocycles. The van der Waals surface area contributed by atoms with Crippen molar-refractivity contribution < 1.29 is 12.8 Å². The lowest BCUT2D eigenvalue weighted by Gasteiger charge is -2.02. The quantitative estimate of drug-likeness (QED) is 0.761. The molecule has 0 unspecified atom stereocenters. The molecule has 0 bridgehead atoms. The minimum Gasteiger partial charge on any atom is -0.232 e. The fourth-order valence-corrected chi connectivity index (χ4v) is 2.53. The van der Waals surface area contributed by atoms with Crippen molar-refractivity contribution in [1.29, 1.82) is 0 Å². The molecule has 78 valence electrons. The number of rotatable bonds is 1. The number of halogens is 2. The molecule has 0 amide bonds. The lowest BCUT2D eigenvalue weighted by molar-refractivity contribution is 0.612. The zero-order valence-corrected chi connectivity index (χ0v) is 8.89. The normalized spacial score (nSPS) is 18.5. The molecule has 2 rings (SSSR count). The summed E-state index contributed by atoms with van der Waals surface area (Å²) in [6.45, 7) is 0. The maximum absolute atomic E-state index is 13.3. The summed E-state index contributed by atoms with van der Waals surface area (Å²) in [6, 6.07) is 5.56. The van der Waals surface area contributed by atoms with Crippen LogP contribution >= 0.6 is 11.6 Å². The van der Waals surface area contributed by atoms with Gasteiger partial charge >= 0.3 is 0 Å². The highest BCUT2D eigenvalue weighted by Crippen LogP contribution is 2.30. The number of hydrogen-bond acceptors (Lipinski definition) is 3. The zero-order chi connectivity index (χ0) is 11.1. The third kappa shape index (κ3) is 1.57. The van der Waals surface area contributed by atoms with E-state index in [9.17, 15) is 12.8 Å². The molecule has 3 nitrogen and oxygen atoms in total. The Morgan fingerprint density at radius 2 is 1.93 bits per heavy atom. The van der Waals surface area contributed by atoms with Gasteiger partial charge in [-0.2, -0.15) is 0 Å². The van der Waals surface area contributed by atoms with E-state index in [-0.39, 0.29) is 10.5 Å². The molecule has 0 radical (unpaired) electrons. The molecule has 0 atom stereocenters. The Morgan fingerprint density at radius 3 is 2.47 bits per heavy atom. The SMILES string of the molecule is O=S1(=O)C(c2ccccc2F)=CN=C1Cl. The standard InChI is InChI=1S/C9H5ClFNO2S/c10-9-12-5-8(15(9,13)14)6-3-1-2-4-7(6)11/h1-5H. The van der Waals surface area contributed by atoms with Gasteiger partial charge in [0, 0.05) is 11.8 Å². The Hall–Kier alpha value is -1.20. The van der Waals surface area contributed by atoms with Crippen LogP contribution in [0.5, 0.6) is 0 Å². The Morgan fingerprint density at radius 1 is 1.27 bits per heavy atom. The highest BCUT2D eigenvalue weighted by molar-refractivity contribution is 8.17. The molecule has 6 heteroatoms. The van der Waals surface area contributed by atoms with Crippen LogP contribution in [0.2, 0.25) is 0 Å². The van der Waals surface area contributed by atoms with Crippen molar-refractivity contribution in [3.8, 4) is 0 Å². The minimum atomic E-state index is -3.80. The average molecular weight is 246 g/mol. The first kappa shape index (κ1) is 10.3. The summed E-state index contributed by atoms with van der Waals surface area (Å²) >= 11 is 5.39. The van der Waals surface area contributed by atoms with Gasteiger partial charge in [-0.15, -0.1) is 0 Å². The van der Waals surface area contributed by atoms with Crippen LogP contribution in [0.25, 0.3) is 4.91 Å². The van der Waals surface area contributed by atoms with E-state index < -0.39 is 20.2 Å². The van der Waals surface area contributed by atoms with Crippen LogP contribution in [-0.2, 0) is 9.84 Å². The first-order valence-corrected chi connectivity index (χ1v) is 5.83. The van der Waals surface area contributed by atoms with Crippen LogP contribution in [0.1, 0.15) is 5.56 Å². The van der Waals surface area contributed by atoms with E-state index in [0.717, 1.165) is 6.20 Å². The number of hydrogen-bond donors (Lipinski definition) is 0. The van der Waals surface area contributed by atoms with E-state index in [0.29, 0.717) is 0 Å². The van der Waals surface area contributed by atoms with Gasteiger partial charge < -0.3 is 0 Å². The number of aliphatic imine (C=N–C) groups is 1. The Kier molecular flexibility index (Phi) is 2.36. The maximum atomic E-state index is 13.3. The van der Waals surface area contributed by atoms with Gasteiger partial charge in [-0.05, 0) is 17.7 Å². The zero-order valence-electron chi connectivity index (χ0n) is 7.31. The summed E-state index contributed by atoms with van der Waals surface area (Å²) in [6.07, 6.45) is 1.05. The van der Waals surface area contributed by atoms with E-state index in [1.165, 1.54) is 18.2 Å². The van der Waals surface area contributed by atoms with Crippen molar-refractivity contribution in [1.82, 2.24) is 0 Å². The summed E-state index contributed by atoms with van der Waals surface area (Å²) in [5, 5.41) is 0. The number of sulfone groups is 1. The highest BCUT2D eigenvalue weighted by atomic mass is 35.5. The molecular formula is C9H5ClFNO2S. The van der Waals surface area contributed by atoms with Crippen molar-refractivity contribution in [2.24, 2.45) is 4.99 Å². The van der Waals surface area contributed by atoms with Crippen molar-refractivity contribution in [2.45, 2.75) is 0 Å². The van der Waals surface area contributed by atoms with E-state index in [1.807, 2.05) is 0 Å². The maximum Gasteiger partial charge on any atom is 0.237 e. The monoisotopic (exact) mass is 245 g/mol. The van der Waals surface area contributed by atoms with Gasteiger partial charge in [-0.1, -0.05) is 18.2 Å². The first-order chi connectivity index (χ1) is 7.03. The molecule has 15 heavy (non-hydrogen) atoms. The van der Waals surface area contributed by atoms with Crippen molar-refractivity contribution in [3.63, 3.8) is 0 Å². The van der Waals surface area contributed by atoms with Crippen LogP contribution in [0.4, 0.5) is 4.39 Å². The third-order valence-corrected chi connectivity index (χ3v) is 4.09. The molecule has 1 heterocycles. The summed E-state index contributed by atoms with van der Waals surface area (Å²) < 4.78 is 35.9. The molecule has 0 saturated carbocycles. The fourth-order valence-electron chi connectivity index (χ4n) is 1.21. The Bertz CT molecular complexity index is 578. The van der Waals surface area contributed by atoms with Gasteiger partial charge in [0.1, 0.15) is 10.7 Å². The Labute approximate surface area is 90.8 Å². The van der Waals surface area contributed by atoms with Gasteiger partial charge in [0.25, 0.3) is 0 Å². The van der Waals surface area contributed by atoms with Crippen molar-refractivity contribution in [3.05, 3.63) is 41.8 Å². The van der Waals surface area contributed by atoms with E-state index >= 15 is 0 Å².